The van der Waals surface area contributed by atoms with Gasteiger partial charge in [-0.15, -0.1) is 0 Å². The number of nitrogens with zero attached hydrogens (tertiary/aromatic N) is 2. The fraction of sp³-hybridized carbons (Fsp3) is 0.0164. The Morgan fingerprint density at radius 3 is 1.46 bits per heavy atom. The summed E-state index contributed by atoms with van der Waals surface area (Å²) >= 11 is 0. The van der Waals surface area contributed by atoms with Crippen LogP contribution in [0.25, 0.3) is 97.7 Å². The molecule has 0 amide bonds. The topological polar surface area (TPSA) is 32.8 Å². The number of para-hydroxylation sites is 3. The number of allylic oxidation sites excluding steroid dienone is 5. The quantitative estimate of drug-likeness (QED) is 0.156. The van der Waals surface area contributed by atoms with Crippen LogP contribution in [0.4, 0.5) is 28.4 Å². The summed E-state index contributed by atoms with van der Waals surface area (Å²) in [6, 6.07) is 67.9. The molecule has 13 aromatic rings. The van der Waals surface area contributed by atoms with Gasteiger partial charge in [0, 0.05) is 43.7 Å². The van der Waals surface area contributed by atoms with Crippen molar-refractivity contribution in [3.05, 3.63) is 224 Å². The molecule has 0 aliphatic heterocycles. The molecule has 0 unspecified atom stereocenters. The fourth-order valence-corrected chi connectivity index (χ4v) is 10.7. The van der Waals surface area contributed by atoms with Gasteiger partial charge in [0.2, 0.25) is 0 Å². The lowest BCUT2D eigenvalue weighted by atomic mass is 9.91. The van der Waals surface area contributed by atoms with Gasteiger partial charge >= 0.3 is 0 Å². The Labute approximate surface area is 373 Å². The molecule has 11 aromatic carbocycles. The molecule has 0 atom stereocenters. The Hall–Kier alpha value is -8.60. The molecular weight excluding hydrogens is 793 g/mol. The van der Waals surface area contributed by atoms with Gasteiger partial charge in [0.05, 0.1) is 22.7 Å². The van der Waals surface area contributed by atoms with E-state index in [1.807, 2.05) is 0 Å². The molecule has 0 spiro atoms. The minimum Gasteiger partial charge on any atom is -0.454 e. The SMILES string of the molecule is C1=CCC=C(N(c2ccc3ccc4c(N(c5ccccc5)c5cccc6c5oc5ccc7ccccc7c56)ccc5ccc2c3c54)c2cccc3c2oc2ccc4ccccc4c23)C=C1. The van der Waals surface area contributed by atoms with Crippen LogP contribution in [0.3, 0.4) is 0 Å². The van der Waals surface area contributed by atoms with Gasteiger partial charge in [-0.05, 0) is 104 Å². The van der Waals surface area contributed by atoms with Crippen molar-refractivity contribution in [2.24, 2.45) is 0 Å². The third kappa shape index (κ3) is 5.32. The van der Waals surface area contributed by atoms with Crippen LogP contribution in [-0.2, 0) is 0 Å². The summed E-state index contributed by atoms with van der Waals surface area (Å²) in [5.74, 6) is 0. The molecule has 0 radical (unpaired) electrons. The van der Waals surface area contributed by atoms with Crippen molar-refractivity contribution in [2.45, 2.75) is 6.42 Å². The van der Waals surface area contributed by atoms with Gasteiger partial charge in [-0.1, -0.05) is 164 Å². The first-order valence-corrected chi connectivity index (χ1v) is 22.3. The molecule has 2 aromatic heterocycles. The highest BCUT2D eigenvalue weighted by atomic mass is 16.3. The molecule has 0 saturated heterocycles. The third-order valence-corrected chi connectivity index (χ3v) is 13.6. The molecule has 0 fully saturated rings. The van der Waals surface area contributed by atoms with Crippen molar-refractivity contribution in [2.75, 3.05) is 9.80 Å². The van der Waals surface area contributed by atoms with Crippen molar-refractivity contribution >= 4 is 126 Å². The van der Waals surface area contributed by atoms with Crippen LogP contribution in [0, 0.1) is 0 Å². The maximum Gasteiger partial charge on any atom is 0.159 e. The van der Waals surface area contributed by atoms with Crippen LogP contribution in [0.15, 0.2) is 233 Å². The summed E-state index contributed by atoms with van der Waals surface area (Å²) in [5.41, 5.74) is 9.79. The van der Waals surface area contributed by atoms with Gasteiger partial charge in [0.15, 0.2) is 11.2 Å². The van der Waals surface area contributed by atoms with E-state index >= 15 is 0 Å². The number of furan rings is 2. The second kappa shape index (κ2) is 14.0. The first kappa shape index (κ1) is 35.9. The number of benzene rings is 11. The fourth-order valence-electron chi connectivity index (χ4n) is 10.7. The minimum absolute atomic E-state index is 0.818. The Balaban J connectivity index is 1.02. The lowest BCUT2D eigenvalue weighted by molar-refractivity contribution is 0.669. The van der Waals surface area contributed by atoms with Crippen molar-refractivity contribution < 1.29 is 8.83 Å². The van der Waals surface area contributed by atoms with E-state index in [2.05, 4.69) is 228 Å². The standard InChI is InChI=1S/C61H38N2O2/c1-2-5-17-42(16-4-1)62(52-24-12-22-48-58-44-20-10-8-14-38(44)30-36-54(58)64-60(48)52)50-34-28-40-27-33-47-51(35-29-41-26-32-46(50)56(40)57(41)47)63(43-18-6-3-7-19-43)53-25-13-23-49-59-45-21-11-9-15-39(45)31-37-55(59)65-61(49)53/h1-4,6-37H,5H2. The molecule has 1 aliphatic carbocycles. The van der Waals surface area contributed by atoms with E-state index < -0.39 is 0 Å². The average Bonchev–Trinajstić information content (AvgIpc) is 3.84. The number of hydrogen-bond donors (Lipinski definition) is 0. The number of anilines is 5. The second-order valence-electron chi connectivity index (χ2n) is 17.1. The van der Waals surface area contributed by atoms with Gasteiger partial charge in [0.25, 0.3) is 0 Å². The van der Waals surface area contributed by atoms with Gasteiger partial charge in [-0.25, -0.2) is 0 Å². The monoisotopic (exact) mass is 830 g/mol. The Morgan fingerprint density at radius 2 is 0.846 bits per heavy atom. The van der Waals surface area contributed by atoms with E-state index in [9.17, 15) is 0 Å². The van der Waals surface area contributed by atoms with Crippen LogP contribution in [0.2, 0.25) is 0 Å². The third-order valence-electron chi connectivity index (χ3n) is 13.6. The molecule has 65 heavy (non-hydrogen) atoms. The largest absolute Gasteiger partial charge is 0.454 e. The molecule has 0 saturated carbocycles. The lowest BCUT2D eigenvalue weighted by Gasteiger charge is -2.29. The highest BCUT2D eigenvalue weighted by molar-refractivity contribution is 6.29. The molecule has 304 valence electrons. The molecule has 14 rings (SSSR count). The minimum atomic E-state index is 0.818. The van der Waals surface area contributed by atoms with E-state index in [1.165, 1.54) is 48.5 Å². The van der Waals surface area contributed by atoms with Gasteiger partial charge < -0.3 is 18.6 Å². The zero-order chi connectivity index (χ0) is 42.6. The summed E-state index contributed by atoms with van der Waals surface area (Å²) in [6.07, 6.45) is 11.8. The summed E-state index contributed by atoms with van der Waals surface area (Å²) in [7, 11) is 0. The van der Waals surface area contributed by atoms with E-state index in [0.29, 0.717) is 0 Å². The van der Waals surface area contributed by atoms with Crippen molar-refractivity contribution in [1.29, 1.82) is 0 Å². The normalized spacial score (nSPS) is 13.1. The van der Waals surface area contributed by atoms with Gasteiger partial charge in [-0.3, -0.25) is 0 Å². The Bertz CT molecular complexity index is 4170. The van der Waals surface area contributed by atoms with E-state index in [1.54, 1.807) is 0 Å². The molecule has 0 bridgehead atoms. The van der Waals surface area contributed by atoms with E-state index in [4.69, 9.17) is 8.83 Å². The number of rotatable bonds is 6. The van der Waals surface area contributed by atoms with Crippen molar-refractivity contribution in [1.82, 2.24) is 0 Å². The lowest BCUT2D eigenvalue weighted by Crippen LogP contribution is -2.16. The van der Waals surface area contributed by atoms with Gasteiger partial charge in [-0.2, -0.15) is 0 Å². The molecule has 4 heteroatoms. The maximum absolute atomic E-state index is 6.92. The number of fused-ring (bicyclic) bond motifs is 10. The maximum atomic E-state index is 6.92. The highest BCUT2D eigenvalue weighted by Gasteiger charge is 2.26. The molecule has 1 aliphatic rings. The molecule has 2 heterocycles. The van der Waals surface area contributed by atoms with Gasteiger partial charge in [0.1, 0.15) is 11.2 Å². The summed E-state index contributed by atoms with van der Waals surface area (Å²) in [6.45, 7) is 0. The zero-order valence-corrected chi connectivity index (χ0v) is 35.2. The van der Waals surface area contributed by atoms with Crippen molar-refractivity contribution in [3.63, 3.8) is 0 Å². The summed E-state index contributed by atoms with van der Waals surface area (Å²) in [4.78, 5) is 4.79. The predicted octanol–water partition coefficient (Wildman–Crippen LogP) is 17.7. The van der Waals surface area contributed by atoms with Crippen LogP contribution in [0.1, 0.15) is 6.42 Å². The summed E-state index contributed by atoms with van der Waals surface area (Å²) < 4.78 is 13.8. The Morgan fingerprint density at radius 1 is 0.338 bits per heavy atom. The van der Waals surface area contributed by atoms with Crippen LogP contribution >= 0.6 is 0 Å². The average molecular weight is 831 g/mol. The Kier molecular flexibility index (Phi) is 7.71. The second-order valence-corrected chi connectivity index (χ2v) is 17.1. The number of hydrogen-bond acceptors (Lipinski definition) is 4. The van der Waals surface area contributed by atoms with Crippen LogP contribution in [0.5, 0.6) is 0 Å². The smallest absolute Gasteiger partial charge is 0.159 e. The molecule has 0 N–H and O–H groups in total. The molecular formula is C61H38N2O2. The first-order valence-electron chi connectivity index (χ1n) is 22.3. The zero-order valence-electron chi connectivity index (χ0n) is 35.2. The van der Waals surface area contributed by atoms with Crippen LogP contribution in [-0.4, -0.2) is 0 Å². The predicted molar refractivity (Wildman–Crippen MR) is 274 cm³/mol. The van der Waals surface area contributed by atoms with E-state index in [-0.39, 0.29) is 0 Å². The van der Waals surface area contributed by atoms with Crippen molar-refractivity contribution in [3.8, 4) is 0 Å². The van der Waals surface area contributed by atoms with E-state index in [0.717, 1.165) is 89.8 Å². The summed E-state index contributed by atoms with van der Waals surface area (Å²) in [5, 5.41) is 16.4. The molecule has 4 nitrogen and oxygen atoms in total. The highest BCUT2D eigenvalue weighted by Crippen LogP contribution is 2.50. The first-order chi connectivity index (χ1) is 32.3. The van der Waals surface area contributed by atoms with Crippen LogP contribution < -0.4 is 9.80 Å².